The summed E-state index contributed by atoms with van der Waals surface area (Å²) in [5.74, 6) is -4.06. The summed E-state index contributed by atoms with van der Waals surface area (Å²) in [6.07, 6.45) is 0.759. The van der Waals surface area contributed by atoms with E-state index in [4.69, 9.17) is 4.74 Å². The van der Waals surface area contributed by atoms with E-state index in [-0.39, 0.29) is 23.7 Å². The number of hydrogen-bond donors (Lipinski definition) is 0. The van der Waals surface area contributed by atoms with E-state index in [0.29, 0.717) is 23.4 Å². The molecule has 0 amide bonds. The number of carbonyl (C=O) groups excluding carboxylic acids is 2. The summed E-state index contributed by atoms with van der Waals surface area (Å²) in [6.45, 7) is 1.66. The molecule has 0 fully saturated rings. The fourth-order valence-corrected chi connectivity index (χ4v) is 5.14. The lowest BCUT2D eigenvalue weighted by Crippen LogP contribution is -2.38. The average Bonchev–Trinajstić information content (AvgIpc) is 3.23. The van der Waals surface area contributed by atoms with Crippen LogP contribution in [-0.4, -0.2) is 24.6 Å². The van der Waals surface area contributed by atoms with Crippen molar-refractivity contribution in [3.8, 4) is 0 Å². The van der Waals surface area contributed by atoms with Crippen LogP contribution in [0.15, 0.2) is 52.0 Å². The molecule has 4 nitrogen and oxygen atoms in total. The number of allylic oxidation sites excluding steroid dienone is 2. The third-order valence-electron chi connectivity index (χ3n) is 5.58. The van der Waals surface area contributed by atoms with Crippen molar-refractivity contribution < 1.29 is 23.1 Å². The van der Waals surface area contributed by atoms with E-state index < -0.39 is 29.4 Å². The maximum absolute atomic E-state index is 14.7. The molecular formula is C22H19F2NO3S. The van der Waals surface area contributed by atoms with Crippen molar-refractivity contribution >= 4 is 28.8 Å². The van der Waals surface area contributed by atoms with Gasteiger partial charge < -0.3 is 4.74 Å². The second kappa shape index (κ2) is 7.63. The fraction of sp³-hybridized carbons (Fsp3) is 0.318. The first-order chi connectivity index (χ1) is 13.9. The van der Waals surface area contributed by atoms with E-state index in [9.17, 15) is 18.4 Å². The molecule has 0 bridgehead atoms. The van der Waals surface area contributed by atoms with Crippen LogP contribution in [-0.2, 0) is 14.3 Å². The molecule has 7 heteroatoms. The molecule has 1 aromatic carbocycles. The van der Waals surface area contributed by atoms with Gasteiger partial charge in [-0.1, -0.05) is 6.07 Å². The van der Waals surface area contributed by atoms with Gasteiger partial charge in [-0.15, -0.1) is 11.3 Å². The number of hydrogen-bond acceptors (Lipinski definition) is 5. The van der Waals surface area contributed by atoms with Gasteiger partial charge in [-0.3, -0.25) is 14.6 Å². The highest BCUT2D eigenvalue weighted by Crippen LogP contribution is 2.47. The number of benzene rings is 1. The van der Waals surface area contributed by atoms with E-state index in [2.05, 4.69) is 4.99 Å². The number of ether oxygens (including phenoxy) is 1. The van der Waals surface area contributed by atoms with E-state index in [1.54, 1.807) is 18.3 Å². The maximum atomic E-state index is 14.7. The van der Waals surface area contributed by atoms with Crippen LogP contribution in [0, 0.1) is 17.6 Å². The highest BCUT2D eigenvalue weighted by atomic mass is 32.1. The second-order valence-electron chi connectivity index (χ2n) is 7.30. The second-order valence-corrected chi connectivity index (χ2v) is 8.28. The fourth-order valence-electron chi connectivity index (χ4n) is 4.31. The highest BCUT2D eigenvalue weighted by molar-refractivity contribution is 7.10. The lowest BCUT2D eigenvalue weighted by atomic mass is 9.70. The Hall–Kier alpha value is -2.67. The van der Waals surface area contributed by atoms with Crippen LogP contribution in [0.2, 0.25) is 0 Å². The molecule has 1 aromatic heterocycles. The minimum absolute atomic E-state index is 0.00881. The van der Waals surface area contributed by atoms with Crippen LogP contribution in [0.3, 0.4) is 0 Å². The van der Waals surface area contributed by atoms with Crippen LogP contribution in [0.4, 0.5) is 8.78 Å². The molecule has 150 valence electrons. The Morgan fingerprint density at radius 2 is 2.03 bits per heavy atom. The zero-order valence-electron chi connectivity index (χ0n) is 15.9. The molecule has 1 unspecified atom stereocenters. The molecule has 2 aromatic rings. The number of rotatable bonds is 3. The number of methoxy groups -OCH3 is 1. The average molecular weight is 415 g/mol. The summed E-state index contributed by atoms with van der Waals surface area (Å²) in [5.41, 5.74) is 1.25. The van der Waals surface area contributed by atoms with Crippen LogP contribution < -0.4 is 0 Å². The predicted molar refractivity (Wildman–Crippen MR) is 106 cm³/mol. The Morgan fingerprint density at radius 3 is 2.72 bits per heavy atom. The molecule has 2 aliphatic rings. The number of Topliss-reactive ketones (excluding diaryl/α,β-unsaturated/α-hetero) is 1. The molecule has 3 atom stereocenters. The van der Waals surface area contributed by atoms with Gasteiger partial charge in [0.05, 0.1) is 7.11 Å². The van der Waals surface area contributed by atoms with E-state index in [1.807, 2.05) is 17.5 Å². The minimum atomic E-state index is -0.975. The predicted octanol–water partition coefficient (Wildman–Crippen LogP) is 4.77. The lowest BCUT2D eigenvalue weighted by molar-refractivity contribution is -0.143. The molecule has 0 spiro atoms. The Labute approximate surface area is 170 Å². The smallest absolute Gasteiger partial charge is 0.315 e. The van der Waals surface area contributed by atoms with Gasteiger partial charge in [-0.25, -0.2) is 8.78 Å². The number of halogens is 2. The summed E-state index contributed by atoms with van der Waals surface area (Å²) in [4.78, 5) is 31.4. The molecule has 0 radical (unpaired) electrons. The maximum Gasteiger partial charge on any atom is 0.315 e. The van der Waals surface area contributed by atoms with Crippen LogP contribution in [0.5, 0.6) is 0 Å². The zero-order chi connectivity index (χ0) is 20.7. The third-order valence-corrected chi connectivity index (χ3v) is 6.62. The Kier molecular flexibility index (Phi) is 5.17. The lowest BCUT2D eigenvalue weighted by Gasteiger charge is -2.36. The Bertz CT molecular complexity index is 1040. The van der Waals surface area contributed by atoms with Gasteiger partial charge in [-0.05, 0) is 48.6 Å². The number of carbonyl (C=O) groups is 2. The number of nitrogens with zero attached hydrogens (tertiary/aromatic N) is 1. The van der Waals surface area contributed by atoms with Crippen molar-refractivity contribution in [1.82, 2.24) is 0 Å². The van der Waals surface area contributed by atoms with E-state index in [1.165, 1.54) is 7.11 Å². The van der Waals surface area contributed by atoms with Gasteiger partial charge in [0.25, 0.3) is 0 Å². The zero-order valence-corrected chi connectivity index (χ0v) is 16.8. The highest BCUT2D eigenvalue weighted by Gasteiger charge is 2.45. The van der Waals surface area contributed by atoms with Crippen molar-refractivity contribution in [3.63, 3.8) is 0 Å². The van der Waals surface area contributed by atoms with E-state index in [0.717, 1.165) is 23.1 Å². The van der Waals surface area contributed by atoms with Crippen molar-refractivity contribution in [2.45, 2.75) is 31.6 Å². The van der Waals surface area contributed by atoms with Gasteiger partial charge in [0, 0.05) is 40.1 Å². The first kappa shape index (κ1) is 19.6. The molecule has 0 saturated carbocycles. The molecule has 1 aliphatic carbocycles. The summed E-state index contributed by atoms with van der Waals surface area (Å²) in [5, 5.41) is 1.96. The van der Waals surface area contributed by atoms with Crippen molar-refractivity contribution in [2.24, 2.45) is 10.9 Å². The van der Waals surface area contributed by atoms with Gasteiger partial charge >= 0.3 is 5.97 Å². The molecule has 4 rings (SSSR count). The Balaban J connectivity index is 1.87. The molecule has 1 aliphatic heterocycles. The molecule has 0 N–H and O–H groups in total. The first-order valence-electron chi connectivity index (χ1n) is 9.28. The number of ketones is 1. The van der Waals surface area contributed by atoms with Crippen molar-refractivity contribution in [1.29, 1.82) is 0 Å². The molecule has 0 saturated heterocycles. The standard InChI is InChI=1S/C22H19F2NO3S/c1-11-19(22(27)28-2)20(14-10-13(23)5-6-15(14)24)21-16(25-11)8-12(9-17(21)26)18-4-3-7-29-18/h3-7,10,12,19-20H,8-9H2,1-2H3/t12-,19?,20+/m0/s1. The minimum Gasteiger partial charge on any atom is -0.468 e. The van der Waals surface area contributed by atoms with Crippen LogP contribution >= 0.6 is 11.3 Å². The van der Waals surface area contributed by atoms with Gasteiger partial charge in [0.15, 0.2) is 5.78 Å². The van der Waals surface area contributed by atoms with E-state index >= 15 is 0 Å². The molecule has 2 heterocycles. The quantitative estimate of drug-likeness (QED) is 0.679. The van der Waals surface area contributed by atoms with Crippen molar-refractivity contribution in [2.75, 3.05) is 7.11 Å². The van der Waals surface area contributed by atoms with Gasteiger partial charge in [0.2, 0.25) is 0 Å². The van der Waals surface area contributed by atoms with Crippen molar-refractivity contribution in [3.05, 3.63) is 69.1 Å². The summed E-state index contributed by atoms with van der Waals surface area (Å²) >= 11 is 1.58. The normalized spacial score (nSPS) is 24.2. The number of aliphatic imine (C=N–C) groups is 1. The summed E-state index contributed by atoms with van der Waals surface area (Å²) < 4.78 is 33.6. The van der Waals surface area contributed by atoms with Crippen LogP contribution in [0.1, 0.15) is 42.0 Å². The summed E-state index contributed by atoms with van der Waals surface area (Å²) in [6, 6.07) is 7.00. The Morgan fingerprint density at radius 1 is 1.24 bits per heavy atom. The van der Waals surface area contributed by atoms with Crippen LogP contribution in [0.25, 0.3) is 0 Å². The number of thiophene rings is 1. The van der Waals surface area contributed by atoms with Gasteiger partial charge in [0.1, 0.15) is 17.6 Å². The molecule has 29 heavy (non-hydrogen) atoms. The monoisotopic (exact) mass is 415 g/mol. The third kappa shape index (κ3) is 3.44. The topological polar surface area (TPSA) is 55.7 Å². The largest absolute Gasteiger partial charge is 0.468 e. The number of esters is 1. The first-order valence-corrected chi connectivity index (χ1v) is 10.2. The molecular weight excluding hydrogens is 396 g/mol. The van der Waals surface area contributed by atoms with Gasteiger partial charge in [-0.2, -0.15) is 0 Å². The summed E-state index contributed by atoms with van der Waals surface area (Å²) in [7, 11) is 1.23. The SMILES string of the molecule is COC(=O)C1C(C)=NC2=C(C(=O)C[C@@H](c3cccs3)C2)[C@@H]1c1cc(F)ccc1F.